The highest BCUT2D eigenvalue weighted by Crippen LogP contribution is 2.12. The number of carbonyl (C=O) groups is 1. The third-order valence-electron chi connectivity index (χ3n) is 1.74. The summed E-state index contributed by atoms with van der Waals surface area (Å²) in [7, 11) is 0. The normalized spacial score (nSPS) is 23.9. The third-order valence-corrected chi connectivity index (χ3v) is 1.74. The molecule has 1 heterocycles. The highest BCUT2D eigenvalue weighted by molar-refractivity contribution is 5.84. The zero-order valence-electron chi connectivity index (χ0n) is 6.84. The molecule has 1 aliphatic rings. The van der Waals surface area contributed by atoms with Crippen molar-refractivity contribution in [1.82, 2.24) is 0 Å². The Morgan fingerprint density at radius 3 is 3.09 bits per heavy atom. The van der Waals surface area contributed by atoms with Gasteiger partial charge >= 0.3 is 0 Å². The number of hydrogen-bond donors (Lipinski definition) is 0. The summed E-state index contributed by atoms with van der Waals surface area (Å²) in [5.74, 6) is 0.0874. The molecule has 0 bridgehead atoms. The van der Waals surface area contributed by atoms with Gasteiger partial charge in [0.05, 0.1) is 0 Å². The van der Waals surface area contributed by atoms with Crippen molar-refractivity contribution in [1.29, 1.82) is 0 Å². The van der Waals surface area contributed by atoms with Gasteiger partial charge in [0.1, 0.15) is 12.7 Å². The first-order chi connectivity index (χ1) is 5.34. The van der Waals surface area contributed by atoms with Crippen LogP contribution in [0.3, 0.4) is 0 Å². The van der Waals surface area contributed by atoms with Gasteiger partial charge in [-0.05, 0) is 19.8 Å². The summed E-state index contributed by atoms with van der Waals surface area (Å²) in [6.07, 6.45) is 1.69. The smallest absolute Gasteiger partial charge is 0.187 e. The summed E-state index contributed by atoms with van der Waals surface area (Å²) in [6.45, 7) is 3.41. The molecule has 11 heavy (non-hydrogen) atoms. The van der Waals surface area contributed by atoms with Crippen molar-refractivity contribution in [3.8, 4) is 0 Å². The van der Waals surface area contributed by atoms with Gasteiger partial charge in [0.15, 0.2) is 5.78 Å². The molecule has 1 unspecified atom stereocenters. The van der Waals surface area contributed by atoms with Crippen LogP contribution in [0, 0.1) is 0 Å². The fourth-order valence-electron chi connectivity index (χ4n) is 1.13. The number of carbonyl (C=O) groups excluding carboxylic acids is 1. The van der Waals surface area contributed by atoms with E-state index in [1.165, 1.54) is 0 Å². The van der Waals surface area contributed by atoms with E-state index in [1.807, 2.05) is 6.92 Å². The van der Waals surface area contributed by atoms with E-state index in [-0.39, 0.29) is 18.5 Å². The van der Waals surface area contributed by atoms with Gasteiger partial charge in [-0.15, -0.1) is 0 Å². The van der Waals surface area contributed by atoms with E-state index in [0.29, 0.717) is 6.61 Å². The quantitative estimate of drug-likeness (QED) is 0.606. The molecule has 1 atom stereocenters. The molecule has 0 saturated carbocycles. The number of rotatable bonds is 4. The van der Waals surface area contributed by atoms with E-state index in [4.69, 9.17) is 9.47 Å². The van der Waals surface area contributed by atoms with Gasteiger partial charge in [0.25, 0.3) is 0 Å². The first kappa shape index (κ1) is 8.68. The first-order valence-corrected chi connectivity index (χ1v) is 4.06. The Kier molecular flexibility index (Phi) is 3.52. The Balaban J connectivity index is 2.17. The van der Waals surface area contributed by atoms with Crippen molar-refractivity contribution in [3.05, 3.63) is 0 Å². The summed E-state index contributed by atoms with van der Waals surface area (Å²) < 4.78 is 10.2. The summed E-state index contributed by atoms with van der Waals surface area (Å²) in [4.78, 5) is 11.2. The lowest BCUT2D eigenvalue weighted by atomic mass is 10.2. The van der Waals surface area contributed by atoms with Gasteiger partial charge in [0, 0.05) is 13.2 Å². The molecule has 64 valence electrons. The SMILES string of the molecule is CCOCC(=O)C1CCCO1. The van der Waals surface area contributed by atoms with Crippen molar-refractivity contribution in [2.75, 3.05) is 19.8 Å². The molecule has 0 N–H and O–H groups in total. The second-order valence-corrected chi connectivity index (χ2v) is 2.61. The van der Waals surface area contributed by atoms with Crippen LogP contribution < -0.4 is 0 Å². The Morgan fingerprint density at radius 2 is 2.55 bits per heavy atom. The lowest BCUT2D eigenvalue weighted by molar-refractivity contribution is -0.132. The average molecular weight is 158 g/mol. The zero-order valence-corrected chi connectivity index (χ0v) is 6.84. The molecular weight excluding hydrogens is 144 g/mol. The lowest BCUT2D eigenvalue weighted by Crippen LogP contribution is -2.24. The van der Waals surface area contributed by atoms with Gasteiger partial charge in [-0.25, -0.2) is 0 Å². The molecule has 0 aromatic carbocycles. The predicted molar refractivity (Wildman–Crippen MR) is 40.5 cm³/mol. The molecule has 1 aliphatic heterocycles. The van der Waals surface area contributed by atoms with Crippen molar-refractivity contribution in [2.45, 2.75) is 25.9 Å². The molecule has 1 rings (SSSR count). The maximum atomic E-state index is 11.2. The van der Waals surface area contributed by atoms with Crippen LogP contribution in [0.25, 0.3) is 0 Å². The monoisotopic (exact) mass is 158 g/mol. The van der Waals surface area contributed by atoms with Crippen LogP contribution in [0.4, 0.5) is 0 Å². The van der Waals surface area contributed by atoms with Crippen molar-refractivity contribution in [2.24, 2.45) is 0 Å². The predicted octanol–water partition coefficient (Wildman–Crippen LogP) is 0.771. The van der Waals surface area contributed by atoms with Crippen molar-refractivity contribution >= 4 is 5.78 Å². The Labute approximate surface area is 66.7 Å². The summed E-state index contributed by atoms with van der Waals surface area (Å²) >= 11 is 0. The topological polar surface area (TPSA) is 35.5 Å². The Bertz CT molecular complexity index is 127. The maximum absolute atomic E-state index is 11.2. The maximum Gasteiger partial charge on any atom is 0.187 e. The minimum Gasteiger partial charge on any atom is -0.374 e. The highest BCUT2D eigenvalue weighted by atomic mass is 16.5. The van der Waals surface area contributed by atoms with Crippen LogP contribution in [-0.2, 0) is 14.3 Å². The molecule has 0 aliphatic carbocycles. The third kappa shape index (κ3) is 2.60. The van der Waals surface area contributed by atoms with Gasteiger partial charge < -0.3 is 9.47 Å². The Morgan fingerprint density at radius 1 is 1.73 bits per heavy atom. The number of Topliss-reactive ketones (excluding diaryl/α,β-unsaturated/α-hetero) is 1. The average Bonchev–Trinajstić information content (AvgIpc) is 2.52. The summed E-state index contributed by atoms with van der Waals surface area (Å²) in [5, 5.41) is 0. The molecule has 1 saturated heterocycles. The van der Waals surface area contributed by atoms with Gasteiger partial charge in [-0.3, -0.25) is 4.79 Å². The van der Waals surface area contributed by atoms with Crippen LogP contribution in [0.1, 0.15) is 19.8 Å². The van der Waals surface area contributed by atoms with E-state index < -0.39 is 0 Å². The molecular formula is C8H14O3. The summed E-state index contributed by atoms with van der Waals surface area (Å²) in [6, 6.07) is 0. The minimum absolute atomic E-state index is 0.0874. The molecule has 0 amide bonds. The molecule has 0 radical (unpaired) electrons. The van der Waals surface area contributed by atoms with Crippen LogP contribution in [0.2, 0.25) is 0 Å². The standard InChI is InChI=1S/C8H14O3/c1-2-10-6-7(9)8-4-3-5-11-8/h8H,2-6H2,1H3. The van der Waals surface area contributed by atoms with Crippen LogP contribution in [-0.4, -0.2) is 31.7 Å². The van der Waals surface area contributed by atoms with Crippen molar-refractivity contribution in [3.63, 3.8) is 0 Å². The summed E-state index contributed by atoms with van der Waals surface area (Å²) in [5.41, 5.74) is 0. The lowest BCUT2D eigenvalue weighted by Gasteiger charge is -2.06. The fourth-order valence-corrected chi connectivity index (χ4v) is 1.13. The first-order valence-electron chi connectivity index (χ1n) is 4.06. The Hall–Kier alpha value is -0.410. The van der Waals surface area contributed by atoms with E-state index in [9.17, 15) is 4.79 Å². The molecule has 3 heteroatoms. The second kappa shape index (κ2) is 4.46. The largest absolute Gasteiger partial charge is 0.374 e. The molecule has 0 spiro atoms. The fraction of sp³-hybridized carbons (Fsp3) is 0.875. The number of hydrogen-bond acceptors (Lipinski definition) is 3. The van der Waals surface area contributed by atoms with Gasteiger partial charge in [-0.2, -0.15) is 0 Å². The van der Waals surface area contributed by atoms with E-state index in [2.05, 4.69) is 0 Å². The van der Waals surface area contributed by atoms with Gasteiger partial charge in [-0.1, -0.05) is 0 Å². The number of ketones is 1. The molecule has 3 nitrogen and oxygen atoms in total. The van der Waals surface area contributed by atoms with Gasteiger partial charge in [0.2, 0.25) is 0 Å². The molecule has 0 aromatic heterocycles. The minimum atomic E-state index is -0.179. The van der Waals surface area contributed by atoms with E-state index in [0.717, 1.165) is 19.4 Å². The highest BCUT2D eigenvalue weighted by Gasteiger charge is 2.22. The van der Waals surface area contributed by atoms with E-state index >= 15 is 0 Å². The second-order valence-electron chi connectivity index (χ2n) is 2.61. The van der Waals surface area contributed by atoms with Crippen LogP contribution >= 0.6 is 0 Å². The van der Waals surface area contributed by atoms with Crippen LogP contribution in [0.15, 0.2) is 0 Å². The van der Waals surface area contributed by atoms with Crippen molar-refractivity contribution < 1.29 is 14.3 Å². The zero-order chi connectivity index (χ0) is 8.10. The van der Waals surface area contributed by atoms with Crippen LogP contribution in [0.5, 0.6) is 0 Å². The van der Waals surface area contributed by atoms with E-state index in [1.54, 1.807) is 0 Å². The number of ether oxygens (including phenoxy) is 2. The molecule has 0 aromatic rings. The molecule has 1 fully saturated rings.